The Morgan fingerprint density at radius 3 is 2.36 bits per heavy atom. The summed E-state index contributed by atoms with van der Waals surface area (Å²) in [4.78, 5) is 108. The second kappa shape index (κ2) is 31.0. The van der Waals surface area contributed by atoms with Gasteiger partial charge >= 0.3 is 24.2 Å². The zero-order valence-electron chi connectivity index (χ0n) is 49.5. The Labute approximate surface area is 516 Å². The molecule has 27 heteroatoms. The fourth-order valence-electron chi connectivity index (χ4n) is 10.0. The number of methoxy groups -OCH3 is 2. The van der Waals surface area contributed by atoms with Crippen LogP contribution in [-0.4, -0.2) is 145 Å². The summed E-state index contributed by atoms with van der Waals surface area (Å²) in [6, 6.07) is 3.66. The first kappa shape index (κ1) is 69.7. The molecule has 3 aliphatic rings. The van der Waals surface area contributed by atoms with Crippen molar-refractivity contribution in [1.82, 2.24) is 21.3 Å². The van der Waals surface area contributed by atoms with Crippen LogP contribution in [0.3, 0.4) is 0 Å². The Balaban J connectivity index is 1.32. The number of carbonyl (C=O) groups is 8. The Morgan fingerprint density at radius 2 is 1.73 bits per heavy atom. The third-order valence-electron chi connectivity index (χ3n) is 15.1. The molecule has 0 aromatic heterocycles. The van der Waals surface area contributed by atoms with Gasteiger partial charge in [-0.2, -0.15) is 0 Å². The van der Waals surface area contributed by atoms with E-state index < -0.39 is 125 Å². The Hall–Kier alpha value is -6.06. The van der Waals surface area contributed by atoms with Gasteiger partial charge in [0.05, 0.1) is 36.9 Å². The van der Waals surface area contributed by atoms with Crippen LogP contribution in [0.25, 0.3) is 0 Å². The van der Waals surface area contributed by atoms with Gasteiger partial charge < -0.3 is 65.4 Å². The molecule has 0 radical (unpaired) electrons. The quantitative estimate of drug-likeness (QED) is 0.0173. The molecular weight excluding hydrogens is 1260 g/mol. The van der Waals surface area contributed by atoms with Crippen molar-refractivity contribution in [3.05, 3.63) is 70.5 Å². The molecular formula is C58H80Br2ClFN8O15. The average Bonchev–Trinajstić information content (AvgIpc) is 1.65. The number of epoxide rings is 1. The number of alkyl carbamates (subject to hydrolysis) is 1. The number of urea groups is 1. The van der Waals surface area contributed by atoms with Crippen molar-refractivity contribution in [2.45, 2.75) is 160 Å². The first-order valence-electron chi connectivity index (χ1n) is 27.9. The maximum Gasteiger partial charge on any atom is 0.412 e. The second-order valence-corrected chi connectivity index (χ2v) is 24.4. The normalized spacial score (nSPS) is 24.2. The summed E-state index contributed by atoms with van der Waals surface area (Å²) in [5.41, 5.74) is 2.50. The summed E-state index contributed by atoms with van der Waals surface area (Å²) >= 11 is 13.4. The monoisotopic (exact) mass is 1340 g/mol. The van der Waals surface area contributed by atoms with Gasteiger partial charge in [-0.1, -0.05) is 88.0 Å². The molecule has 3 heterocycles. The van der Waals surface area contributed by atoms with E-state index in [9.17, 15) is 43.5 Å². The van der Waals surface area contributed by atoms with Gasteiger partial charge in [-0.15, -0.1) is 0 Å². The van der Waals surface area contributed by atoms with Gasteiger partial charge in [-0.05, 0) is 108 Å². The first-order chi connectivity index (χ1) is 40.0. The predicted molar refractivity (Wildman–Crippen MR) is 323 cm³/mol. The number of nitrogens with zero attached hydrogens (tertiary/aromatic N) is 1. The number of ether oxygens (including phenoxy) is 6. The van der Waals surface area contributed by atoms with Gasteiger partial charge in [-0.25, -0.2) is 18.8 Å². The minimum Gasteiger partial charge on any atom is -0.495 e. The number of alkyl halides is 2. The molecule has 23 nitrogen and oxygen atoms in total. The molecule has 3 aliphatic heterocycles. The van der Waals surface area contributed by atoms with Crippen molar-refractivity contribution in [2.24, 2.45) is 23.5 Å². The Morgan fingerprint density at radius 1 is 1.02 bits per heavy atom. The van der Waals surface area contributed by atoms with E-state index in [2.05, 4.69) is 63.8 Å². The SMILES string of the molecule is COc1cc2cc(c1Cl)N(C)C(=O)C[C@H](OC(=O)Nc1ccc(NC(=O)[C@H](CCCNC(N)=O)NC(=O)[C@@H](NC(=O)CCCCC(C)(C)OC(=O)C(CBr)CBr)C(C)C)cc1F)[C@]1(C)O[C@H]1[C@H](C)[C@@H]1C[C@@](O)(NC(=O)O1)[C@H](OC)/C=C/C=C(\C)C2. The highest BCUT2D eigenvalue weighted by Gasteiger charge is 2.64. The number of halogens is 4. The molecule has 0 aliphatic carbocycles. The summed E-state index contributed by atoms with van der Waals surface area (Å²) in [6.45, 7) is 12.3. The van der Waals surface area contributed by atoms with E-state index in [0.29, 0.717) is 36.3 Å². The van der Waals surface area contributed by atoms with Crippen LogP contribution in [0.4, 0.5) is 35.8 Å². The van der Waals surface area contributed by atoms with Gasteiger partial charge in [0.2, 0.25) is 23.6 Å². The number of hydrogen-bond acceptors (Lipinski definition) is 15. The molecule has 2 aromatic carbocycles. The van der Waals surface area contributed by atoms with Crippen LogP contribution in [0.2, 0.25) is 5.02 Å². The molecule has 2 fully saturated rings. The largest absolute Gasteiger partial charge is 0.495 e. The van der Waals surface area contributed by atoms with Crippen molar-refractivity contribution in [1.29, 1.82) is 0 Å². The van der Waals surface area contributed by atoms with Gasteiger partial charge in [0, 0.05) is 55.8 Å². The van der Waals surface area contributed by atoms with Crippen molar-refractivity contribution in [3.63, 3.8) is 0 Å². The third-order valence-corrected chi connectivity index (χ3v) is 17.0. The number of nitrogens with two attached hydrogens (primary N) is 1. The highest BCUT2D eigenvalue weighted by Crippen LogP contribution is 2.49. The molecule has 85 heavy (non-hydrogen) atoms. The Kier molecular flexibility index (Phi) is 25.4. The molecule has 4 bridgehead atoms. The second-order valence-electron chi connectivity index (χ2n) is 22.7. The summed E-state index contributed by atoms with van der Waals surface area (Å²) in [7, 11) is 4.31. The summed E-state index contributed by atoms with van der Waals surface area (Å²) in [5.74, 6) is -4.99. The van der Waals surface area contributed by atoms with Crippen molar-refractivity contribution in [3.8, 4) is 5.75 Å². The average molecular weight is 1340 g/mol. The summed E-state index contributed by atoms with van der Waals surface area (Å²) in [5, 5.41) is 28.2. The number of carbonyl (C=O) groups excluding carboxylic acids is 8. The molecule has 0 spiro atoms. The highest BCUT2D eigenvalue weighted by atomic mass is 79.9. The van der Waals surface area contributed by atoms with Crippen LogP contribution in [0, 0.1) is 23.6 Å². The highest BCUT2D eigenvalue weighted by molar-refractivity contribution is 9.09. The lowest BCUT2D eigenvalue weighted by Gasteiger charge is -2.42. The van der Waals surface area contributed by atoms with E-state index >= 15 is 4.39 Å². The zero-order chi connectivity index (χ0) is 63.1. The van der Waals surface area contributed by atoms with Gasteiger partial charge in [0.15, 0.2) is 5.72 Å². The van der Waals surface area contributed by atoms with Crippen LogP contribution in [0.1, 0.15) is 105 Å². The van der Waals surface area contributed by atoms with E-state index in [1.54, 1.807) is 65.8 Å². The fraction of sp³-hybridized carbons (Fsp3) is 0.586. The number of rotatable bonds is 23. The summed E-state index contributed by atoms with van der Waals surface area (Å²) in [6.07, 6.45) is 0.160. The Bertz CT molecular complexity index is 2830. The van der Waals surface area contributed by atoms with E-state index in [4.69, 9.17) is 45.8 Å². The minimum atomic E-state index is -1.93. The number of esters is 1. The van der Waals surface area contributed by atoms with Crippen molar-refractivity contribution < 1.29 is 76.3 Å². The van der Waals surface area contributed by atoms with Crippen LogP contribution < -0.4 is 47.3 Å². The lowest BCUT2D eigenvalue weighted by Crippen LogP contribution is -2.63. The maximum absolute atomic E-state index is 16.1. The van der Waals surface area contributed by atoms with Gasteiger partial charge in [0.25, 0.3) is 0 Å². The van der Waals surface area contributed by atoms with Crippen LogP contribution in [-0.2, 0) is 54.1 Å². The molecule has 9 atom stereocenters. The molecule has 9 N–H and O–H groups in total. The predicted octanol–water partition coefficient (Wildman–Crippen LogP) is 7.81. The van der Waals surface area contributed by atoms with Gasteiger partial charge in [0.1, 0.15) is 58.2 Å². The number of benzene rings is 2. The van der Waals surface area contributed by atoms with Gasteiger partial charge in [-0.3, -0.25) is 34.6 Å². The molecule has 0 unspecified atom stereocenters. The van der Waals surface area contributed by atoms with E-state index in [0.717, 1.165) is 23.3 Å². The number of amides is 8. The number of aliphatic hydroxyl groups is 1. The van der Waals surface area contributed by atoms with E-state index in [1.807, 2.05) is 13.0 Å². The lowest BCUT2D eigenvalue weighted by atomic mass is 9.83. The van der Waals surface area contributed by atoms with Crippen LogP contribution in [0.15, 0.2) is 54.1 Å². The molecule has 2 aromatic rings. The fourth-order valence-corrected chi connectivity index (χ4v) is 12.0. The third kappa shape index (κ3) is 19.5. The number of hydrogen-bond donors (Lipinski definition) is 8. The standard InChI is InChI=1S/C58H80Br2ClFN8O15/c1-31(2)48(68-45(71)18-11-12-21-56(5,6)85-52(75)35(29-59)30-60)51(74)66-39(16-14-22-64-53(63)76)50(73)65-36-19-20-38(37(62)26-36)67-54(77)83-44-27-46(72)70(8)40-24-34(25-41(80-9)47(40)61)23-32(3)15-13-17-43(81-10)58(79)28-42(82-55(78)69-58)33(4)49-57(44,7)84-49/h13,15,17,19-20,24-26,31,33,35,39,42-44,48-49,79H,11-12,14,16,18,21-23,27-30H2,1-10H3,(H,65,73)(H,66,74)(H,67,77)(H,68,71)(H,69,78)(H3,63,64,76)/b17-13+,32-15+/t33-,39+,42+,43-,44+,48+,49+,57+,58+/m1/s1. The lowest BCUT2D eigenvalue weighted by molar-refractivity contribution is -0.160. The number of primary amides is 1. The number of nitrogens with one attached hydrogen (secondary N) is 6. The van der Waals surface area contributed by atoms with Crippen LogP contribution >= 0.6 is 43.5 Å². The number of fused-ring (bicyclic) bond motifs is 5. The topological polar surface area (TPSA) is 317 Å². The first-order valence-corrected chi connectivity index (χ1v) is 30.5. The van der Waals surface area contributed by atoms with E-state index in [1.165, 1.54) is 32.2 Å². The molecule has 470 valence electrons. The number of unbranched alkanes of at least 4 members (excludes halogenated alkanes) is 1. The smallest absolute Gasteiger partial charge is 0.412 e. The maximum atomic E-state index is 16.1. The molecule has 2 saturated heterocycles. The molecule has 8 amide bonds. The summed E-state index contributed by atoms with van der Waals surface area (Å²) < 4.78 is 50.9. The van der Waals surface area contributed by atoms with Crippen molar-refractivity contribution in [2.75, 3.05) is 54.0 Å². The van der Waals surface area contributed by atoms with E-state index in [-0.39, 0.29) is 66.3 Å². The minimum absolute atomic E-state index is 0.0271. The molecule has 5 rings (SSSR count). The van der Waals surface area contributed by atoms with Crippen molar-refractivity contribution >= 4 is 108 Å². The zero-order valence-corrected chi connectivity index (χ0v) is 53.4. The molecule has 0 saturated carbocycles. The number of allylic oxidation sites excluding steroid dienone is 3. The van der Waals surface area contributed by atoms with Crippen LogP contribution in [0.5, 0.6) is 5.75 Å². The number of anilines is 3.